The number of halogens is 4. The molecule has 1 rings (SSSR count). The lowest BCUT2D eigenvalue weighted by atomic mass is 9.93. The Morgan fingerprint density at radius 2 is 2.00 bits per heavy atom. The van der Waals surface area contributed by atoms with Crippen LogP contribution in [0.5, 0.6) is 5.75 Å². The van der Waals surface area contributed by atoms with Crippen molar-refractivity contribution in [3.63, 3.8) is 0 Å². The molecule has 0 aliphatic heterocycles. The van der Waals surface area contributed by atoms with Crippen LogP contribution in [0.1, 0.15) is 32.8 Å². The molecule has 2 N–H and O–H groups in total. The molecule has 1 atom stereocenters. The SMILES string of the molecule is CC(C)CC(C)(N)COc1cnc(Br)cc1C(F)(F)F. The third-order valence-electron chi connectivity index (χ3n) is 2.57. The highest BCUT2D eigenvalue weighted by atomic mass is 79.9. The normalized spacial score (nSPS) is 15.2. The summed E-state index contributed by atoms with van der Waals surface area (Å²) in [7, 11) is 0. The topological polar surface area (TPSA) is 48.1 Å². The number of aromatic nitrogens is 1. The summed E-state index contributed by atoms with van der Waals surface area (Å²) in [6.07, 6.45) is -2.79. The summed E-state index contributed by atoms with van der Waals surface area (Å²) < 4.78 is 44.1. The summed E-state index contributed by atoms with van der Waals surface area (Å²) in [5, 5.41) is 0. The molecule has 1 aromatic heterocycles. The van der Waals surface area contributed by atoms with E-state index in [4.69, 9.17) is 10.5 Å². The largest absolute Gasteiger partial charge is 0.489 e. The van der Waals surface area contributed by atoms with Gasteiger partial charge in [0.25, 0.3) is 0 Å². The highest BCUT2D eigenvalue weighted by Crippen LogP contribution is 2.37. The number of nitrogens with two attached hydrogens (primary N) is 1. The van der Waals surface area contributed by atoms with E-state index in [9.17, 15) is 13.2 Å². The van der Waals surface area contributed by atoms with Crippen LogP contribution < -0.4 is 10.5 Å². The van der Waals surface area contributed by atoms with Gasteiger partial charge in [-0.25, -0.2) is 4.98 Å². The van der Waals surface area contributed by atoms with Gasteiger partial charge in [-0.2, -0.15) is 13.2 Å². The molecule has 0 spiro atoms. The van der Waals surface area contributed by atoms with Crippen molar-refractivity contribution in [1.82, 2.24) is 4.98 Å². The Balaban J connectivity index is 2.88. The zero-order valence-electron chi connectivity index (χ0n) is 11.6. The lowest BCUT2D eigenvalue weighted by Crippen LogP contribution is -2.43. The minimum atomic E-state index is -4.50. The van der Waals surface area contributed by atoms with Crippen LogP contribution in [0.3, 0.4) is 0 Å². The Kier molecular flexibility index (Phi) is 5.43. The molecule has 3 nitrogen and oxygen atoms in total. The summed E-state index contributed by atoms with van der Waals surface area (Å²) in [6.45, 7) is 5.74. The molecule has 114 valence electrons. The average molecular weight is 355 g/mol. The Labute approximate surface area is 124 Å². The maximum atomic E-state index is 12.9. The number of hydrogen-bond acceptors (Lipinski definition) is 3. The predicted molar refractivity (Wildman–Crippen MR) is 74.5 cm³/mol. The molecule has 0 aliphatic carbocycles. The molecule has 0 aromatic carbocycles. The van der Waals surface area contributed by atoms with Gasteiger partial charge in [-0.3, -0.25) is 0 Å². The van der Waals surface area contributed by atoms with Crippen LogP contribution in [0.25, 0.3) is 0 Å². The van der Waals surface area contributed by atoms with E-state index in [2.05, 4.69) is 20.9 Å². The van der Waals surface area contributed by atoms with Gasteiger partial charge in [-0.1, -0.05) is 13.8 Å². The van der Waals surface area contributed by atoms with E-state index in [1.165, 1.54) is 0 Å². The van der Waals surface area contributed by atoms with Crippen LogP contribution in [0.15, 0.2) is 16.9 Å². The summed E-state index contributed by atoms with van der Waals surface area (Å²) in [6, 6.07) is 0.894. The third kappa shape index (κ3) is 5.28. The number of nitrogens with zero attached hydrogens (tertiary/aromatic N) is 1. The van der Waals surface area contributed by atoms with Crippen molar-refractivity contribution >= 4 is 15.9 Å². The van der Waals surface area contributed by atoms with E-state index in [-0.39, 0.29) is 17.0 Å². The molecule has 0 saturated carbocycles. The summed E-state index contributed by atoms with van der Waals surface area (Å²) >= 11 is 2.92. The standard InChI is InChI=1S/C13H18BrF3N2O/c1-8(2)5-12(3,18)7-20-10-6-19-11(14)4-9(10)13(15,16)17/h4,6,8H,5,7,18H2,1-3H3. The second kappa shape index (κ2) is 6.30. The monoisotopic (exact) mass is 354 g/mol. The van der Waals surface area contributed by atoms with Crippen molar-refractivity contribution in [2.75, 3.05) is 6.61 Å². The maximum Gasteiger partial charge on any atom is 0.420 e. The molecule has 0 bridgehead atoms. The summed E-state index contributed by atoms with van der Waals surface area (Å²) in [4.78, 5) is 3.77. The summed E-state index contributed by atoms with van der Waals surface area (Å²) in [5.74, 6) is 0.0276. The molecular weight excluding hydrogens is 337 g/mol. The van der Waals surface area contributed by atoms with Crippen LogP contribution in [0, 0.1) is 5.92 Å². The van der Waals surface area contributed by atoms with E-state index in [1.54, 1.807) is 6.92 Å². The highest BCUT2D eigenvalue weighted by Gasteiger charge is 2.35. The number of hydrogen-bond donors (Lipinski definition) is 1. The lowest BCUT2D eigenvalue weighted by Gasteiger charge is -2.27. The fourth-order valence-electron chi connectivity index (χ4n) is 1.99. The fraction of sp³-hybridized carbons (Fsp3) is 0.615. The summed E-state index contributed by atoms with van der Waals surface area (Å²) in [5.41, 5.74) is 4.47. The predicted octanol–water partition coefficient (Wildman–Crippen LogP) is 4.01. The van der Waals surface area contributed by atoms with Crippen molar-refractivity contribution in [1.29, 1.82) is 0 Å². The molecular formula is C13H18BrF3N2O. The molecule has 1 aromatic rings. The van der Waals surface area contributed by atoms with E-state index < -0.39 is 17.3 Å². The minimum absolute atomic E-state index is 0.00241. The van der Waals surface area contributed by atoms with E-state index >= 15 is 0 Å². The first-order valence-corrected chi connectivity index (χ1v) is 6.95. The number of pyridine rings is 1. The Morgan fingerprint density at radius 1 is 1.40 bits per heavy atom. The first-order valence-electron chi connectivity index (χ1n) is 6.16. The van der Waals surface area contributed by atoms with Gasteiger partial charge in [0, 0.05) is 5.54 Å². The second-order valence-electron chi connectivity index (χ2n) is 5.54. The second-order valence-corrected chi connectivity index (χ2v) is 6.35. The zero-order valence-corrected chi connectivity index (χ0v) is 13.2. The van der Waals surface area contributed by atoms with Gasteiger partial charge in [-0.15, -0.1) is 0 Å². The smallest absolute Gasteiger partial charge is 0.420 e. The van der Waals surface area contributed by atoms with E-state index in [0.717, 1.165) is 12.3 Å². The molecule has 0 saturated heterocycles. The Hall–Kier alpha value is -0.820. The average Bonchev–Trinajstić information content (AvgIpc) is 2.24. The van der Waals surface area contributed by atoms with Crippen LogP contribution in [0.2, 0.25) is 0 Å². The van der Waals surface area contributed by atoms with Gasteiger partial charge in [0.1, 0.15) is 22.5 Å². The molecule has 0 amide bonds. The third-order valence-corrected chi connectivity index (χ3v) is 3.01. The first kappa shape index (κ1) is 17.2. The molecule has 20 heavy (non-hydrogen) atoms. The van der Waals surface area contributed by atoms with Crippen molar-refractivity contribution in [3.05, 3.63) is 22.4 Å². The fourth-order valence-corrected chi connectivity index (χ4v) is 2.32. The van der Waals surface area contributed by atoms with Gasteiger partial charge in [0.2, 0.25) is 0 Å². The van der Waals surface area contributed by atoms with Crippen molar-refractivity contribution < 1.29 is 17.9 Å². The molecule has 0 fully saturated rings. The van der Waals surface area contributed by atoms with Gasteiger partial charge in [0.05, 0.1) is 6.20 Å². The van der Waals surface area contributed by atoms with Crippen LogP contribution in [0.4, 0.5) is 13.2 Å². The van der Waals surface area contributed by atoms with Gasteiger partial charge < -0.3 is 10.5 Å². The molecule has 1 unspecified atom stereocenters. The molecule has 1 heterocycles. The molecule has 0 aliphatic rings. The quantitative estimate of drug-likeness (QED) is 0.812. The first-order chi connectivity index (χ1) is 9.01. The van der Waals surface area contributed by atoms with Crippen LogP contribution in [-0.4, -0.2) is 17.1 Å². The van der Waals surface area contributed by atoms with Crippen molar-refractivity contribution in [2.24, 2.45) is 11.7 Å². The van der Waals surface area contributed by atoms with Crippen LogP contribution in [-0.2, 0) is 6.18 Å². The highest BCUT2D eigenvalue weighted by molar-refractivity contribution is 9.10. The zero-order chi connectivity index (χ0) is 15.6. The lowest BCUT2D eigenvalue weighted by molar-refractivity contribution is -0.139. The number of rotatable bonds is 5. The van der Waals surface area contributed by atoms with Crippen LogP contribution >= 0.6 is 15.9 Å². The Morgan fingerprint density at radius 3 is 2.50 bits per heavy atom. The Bertz CT molecular complexity index is 461. The number of alkyl halides is 3. The van der Waals surface area contributed by atoms with Crippen molar-refractivity contribution in [2.45, 2.75) is 38.9 Å². The molecule has 0 radical (unpaired) electrons. The van der Waals surface area contributed by atoms with Gasteiger partial charge in [0.15, 0.2) is 0 Å². The molecule has 7 heteroatoms. The maximum absolute atomic E-state index is 12.9. The number of ether oxygens (including phenoxy) is 1. The van der Waals surface area contributed by atoms with E-state index in [0.29, 0.717) is 12.3 Å². The van der Waals surface area contributed by atoms with Crippen molar-refractivity contribution in [3.8, 4) is 5.75 Å². The minimum Gasteiger partial charge on any atom is -0.489 e. The van der Waals surface area contributed by atoms with Gasteiger partial charge >= 0.3 is 6.18 Å². The van der Waals surface area contributed by atoms with E-state index in [1.807, 2.05) is 13.8 Å². The van der Waals surface area contributed by atoms with Gasteiger partial charge in [-0.05, 0) is 41.3 Å².